The van der Waals surface area contributed by atoms with Crippen molar-refractivity contribution in [3.05, 3.63) is 77.3 Å². The molecule has 8 heteroatoms. The van der Waals surface area contributed by atoms with Crippen LogP contribution in [0.1, 0.15) is 51.0 Å². The number of benzene rings is 2. The van der Waals surface area contributed by atoms with Gasteiger partial charge in [0.1, 0.15) is 0 Å². The molecule has 2 unspecified atom stereocenters. The second-order valence-corrected chi connectivity index (χ2v) is 10.5. The third kappa shape index (κ3) is 6.95. The second kappa shape index (κ2) is 12.8. The molecule has 206 valence electrons. The molecule has 0 bridgehead atoms. The van der Waals surface area contributed by atoms with Gasteiger partial charge in [-0.15, -0.1) is 0 Å². The van der Waals surface area contributed by atoms with Crippen LogP contribution < -0.4 is 16.9 Å². The lowest BCUT2D eigenvalue weighted by atomic mass is 9.83. The maximum atomic E-state index is 12.7. The summed E-state index contributed by atoms with van der Waals surface area (Å²) in [5.74, 6) is 5.49. The second-order valence-electron chi connectivity index (χ2n) is 10.5. The van der Waals surface area contributed by atoms with Gasteiger partial charge in [0.05, 0.1) is 12.2 Å². The number of ether oxygens (including phenoxy) is 1. The number of carbonyl (C=O) groups is 1. The summed E-state index contributed by atoms with van der Waals surface area (Å²) in [4.78, 5) is 12.7. The summed E-state index contributed by atoms with van der Waals surface area (Å²) in [6.07, 6.45) is 9.32. The van der Waals surface area contributed by atoms with Gasteiger partial charge in [0.15, 0.2) is 0 Å². The van der Waals surface area contributed by atoms with Gasteiger partial charge in [-0.05, 0) is 61.1 Å². The largest absolute Gasteiger partial charge is 0.462 e. The first kappa shape index (κ1) is 28.1. The van der Waals surface area contributed by atoms with E-state index in [0.29, 0.717) is 17.3 Å². The maximum absolute atomic E-state index is 12.7. The van der Waals surface area contributed by atoms with E-state index in [0.717, 1.165) is 53.6 Å². The first-order valence-corrected chi connectivity index (χ1v) is 13.7. The van der Waals surface area contributed by atoms with Gasteiger partial charge in [0.25, 0.3) is 0 Å². The van der Waals surface area contributed by atoms with E-state index >= 15 is 0 Å². The molecule has 0 aromatic heterocycles. The minimum atomic E-state index is -0.538. The molecular weight excluding hydrogens is 488 g/mol. The van der Waals surface area contributed by atoms with Crippen molar-refractivity contribution in [3.8, 4) is 11.1 Å². The van der Waals surface area contributed by atoms with Crippen LogP contribution in [-0.4, -0.2) is 36.6 Å². The highest BCUT2D eigenvalue weighted by molar-refractivity contribution is 6.10. The minimum Gasteiger partial charge on any atom is -0.462 e. The molecule has 0 spiro atoms. The van der Waals surface area contributed by atoms with Crippen molar-refractivity contribution in [2.45, 2.75) is 45.4 Å². The summed E-state index contributed by atoms with van der Waals surface area (Å²) in [6.45, 7) is 1.97. The predicted octanol–water partition coefficient (Wildman–Crippen LogP) is 5.42. The molecule has 0 amide bonds. The summed E-state index contributed by atoms with van der Waals surface area (Å²) in [5.41, 5.74) is 12.2. The van der Waals surface area contributed by atoms with Gasteiger partial charge in [-0.25, -0.2) is 10.6 Å². The number of nitrogens with zero attached hydrogens (tertiary/aromatic N) is 1. The first-order valence-electron chi connectivity index (χ1n) is 13.7. The smallest absolute Gasteiger partial charge is 0.341 e. The molecule has 2 atom stereocenters. The third-order valence-corrected chi connectivity index (χ3v) is 7.53. The average Bonchev–Trinajstić information content (AvgIpc) is 3.74. The van der Waals surface area contributed by atoms with Gasteiger partial charge in [0.2, 0.25) is 0 Å². The summed E-state index contributed by atoms with van der Waals surface area (Å²) in [6, 6.07) is 16.2. The third-order valence-electron chi connectivity index (χ3n) is 7.53. The van der Waals surface area contributed by atoms with E-state index in [9.17, 15) is 4.79 Å². The number of nitrogens with one attached hydrogen (secondary N) is 3. The van der Waals surface area contributed by atoms with Gasteiger partial charge in [-0.1, -0.05) is 49.6 Å². The van der Waals surface area contributed by atoms with Crippen molar-refractivity contribution in [1.82, 2.24) is 5.01 Å². The zero-order valence-corrected chi connectivity index (χ0v) is 22.9. The zero-order chi connectivity index (χ0) is 27.9. The summed E-state index contributed by atoms with van der Waals surface area (Å²) in [5, 5.41) is 21.6. The number of allylic oxidation sites excluding steroid dienone is 2. The molecule has 2 aromatic carbocycles. The summed E-state index contributed by atoms with van der Waals surface area (Å²) < 4.78 is 5.25. The SMILES string of the molecule is CCOC(=O)/C(C=N)=C(/Nc1cccc(-c2cccc(C(=N)C3CCCCC3)c2)c1)C1CC1/C(N)=C/N(C)N. The van der Waals surface area contributed by atoms with Gasteiger partial charge >= 0.3 is 5.97 Å². The van der Waals surface area contributed by atoms with Crippen LogP contribution >= 0.6 is 0 Å². The van der Waals surface area contributed by atoms with Gasteiger partial charge < -0.3 is 31.6 Å². The number of hydrazine groups is 1. The van der Waals surface area contributed by atoms with Crippen LogP contribution in [-0.2, 0) is 9.53 Å². The number of hydrogen-bond acceptors (Lipinski definition) is 8. The zero-order valence-electron chi connectivity index (χ0n) is 22.9. The highest BCUT2D eigenvalue weighted by Crippen LogP contribution is 2.48. The lowest BCUT2D eigenvalue weighted by molar-refractivity contribution is -0.137. The lowest BCUT2D eigenvalue weighted by Gasteiger charge is -2.22. The van der Waals surface area contributed by atoms with Crippen molar-refractivity contribution in [3.63, 3.8) is 0 Å². The molecule has 2 aromatic rings. The fourth-order valence-electron chi connectivity index (χ4n) is 5.45. The van der Waals surface area contributed by atoms with E-state index in [1.807, 2.05) is 36.4 Å². The Kier molecular flexibility index (Phi) is 9.19. The van der Waals surface area contributed by atoms with E-state index < -0.39 is 5.97 Å². The van der Waals surface area contributed by atoms with E-state index in [1.165, 1.54) is 24.3 Å². The van der Waals surface area contributed by atoms with Crippen molar-refractivity contribution < 1.29 is 9.53 Å². The summed E-state index contributed by atoms with van der Waals surface area (Å²) in [7, 11) is 1.71. The van der Waals surface area contributed by atoms with Crippen LogP contribution in [0.5, 0.6) is 0 Å². The quantitative estimate of drug-likeness (QED) is 0.0867. The van der Waals surface area contributed by atoms with Crippen LogP contribution in [0.4, 0.5) is 5.69 Å². The van der Waals surface area contributed by atoms with E-state index in [-0.39, 0.29) is 24.0 Å². The Hall–Kier alpha value is -3.91. The fourth-order valence-corrected chi connectivity index (χ4v) is 5.45. The van der Waals surface area contributed by atoms with Crippen LogP contribution in [0.2, 0.25) is 0 Å². The highest BCUT2D eigenvalue weighted by atomic mass is 16.5. The molecule has 2 fully saturated rings. The molecule has 39 heavy (non-hydrogen) atoms. The molecule has 0 aliphatic heterocycles. The van der Waals surface area contributed by atoms with Crippen molar-refractivity contribution in [1.29, 1.82) is 10.8 Å². The molecule has 7 N–H and O–H groups in total. The molecule has 0 saturated heterocycles. The number of hydrogen-bond donors (Lipinski definition) is 5. The topological polar surface area (TPSA) is 141 Å². The number of anilines is 1. The first-order chi connectivity index (χ1) is 18.8. The van der Waals surface area contributed by atoms with E-state index in [2.05, 4.69) is 17.4 Å². The lowest BCUT2D eigenvalue weighted by Crippen LogP contribution is -2.22. The highest BCUT2D eigenvalue weighted by Gasteiger charge is 2.44. The number of nitrogens with two attached hydrogens (primary N) is 2. The molecular formula is C31H40N6O2. The molecule has 2 aliphatic rings. The molecule has 0 heterocycles. The predicted molar refractivity (Wildman–Crippen MR) is 157 cm³/mol. The van der Waals surface area contributed by atoms with Crippen LogP contribution in [0.15, 0.2) is 71.7 Å². The standard InChI is InChI=1S/C31H40N6O2/c1-3-39-31(38)27(18-32)30(26-17-25(26)28(33)19-37(2)35)36-24-14-8-12-22(16-24)21-11-7-13-23(15-21)29(34)20-9-5-4-6-10-20/h7-8,11-16,18-20,25-26,32,34,36H,3-6,9-10,17,33,35H2,1-2H3/b28-19-,30-27+,32-18?,34-29?. The Labute approximate surface area is 231 Å². The van der Waals surface area contributed by atoms with Crippen LogP contribution in [0.25, 0.3) is 11.1 Å². The van der Waals surface area contributed by atoms with Gasteiger partial charge in [-0.2, -0.15) is 0 Å². The monoisotopic (exact) mass is 528 g/mol. The Morgan fingerprint density at radius 2 is 1.79 bits per heavy atom. The number of esters is 1. The van der Waals surface area contributed by atoms with Crippen molar-refractivity contribution in [2.24, 2.45) is 29.3 Å². The summed E-state index contributed by atoms with van der Waals surface area (Å²) >= 11 is 0. The molecule has 0 radical (unpaired) electrons. The van der Waals surface area contributed by atoms with Gasteiger partial charge in [-0.3, -0.25) is 0 Å². The average molecular weight is 529 g/mol. The Bertz CT molecular complexity index is 1280. The molecule has 8 nitrogen and oxygen atoms in total. The van der Waals surface area contributed by atoms with Crippen LogP contribution in [0, 0.1) is 28.6 Å². The Balaban J connectivity index is 1.62. The minimum absolute atomic E-state index is 0.00791. The van der Waals surface area contributed by atoms with E-state index in [4.69, 9.17) is 27.1 Å². The fraction of sp³-hybridized carbons (Fsp3) is 0.387. The molecule has 2 saturated carbocycles. The molecule has 2 aliphatic carbocycles. The maximum Gasteiger partial charge on any atom is 0.341 e. The Morgan fingerprint density at radius 3 is 2.46 bits per heavy atom. The van der Waals surface area contributed by atoms with Crippen molar-refractivity contribution >= 4 is 23.6 Å². The van der Waals surface area contributed by atoms with Gasteiger partial charge in [0, 0.05) is 60.0 Å². The van der Waals surface area contributed by atoms with Crippen LogP contribution in [0.3, 0.4) is 0 Å². The van der Waals surface area contributed by atoms with E-state index in [1.54, 1.807) is 20.2 Å². The number of rotatable bonds is 11. The normalized spacial score (nSPS) is 20.0. The Morgan fingerprint density at radius 1 is 1.10 bits per heavy atom. The molecule has 4 rings (SSSR count). The van der Waals surface area contributed by atoms with Crippen molar-refractivity contribution in [2.75, 3.05) is 19.0 Å². The number of carbonyl (C=O) groups excluding carboxylic acids is 1.